The number of hydrogen-bond donors (Lipinski definition) is 2. The van der Waals surface area contributed by atoms with E-state index in [1.165, 1.54) is 4.90 Å². The average molecular weight is 270 g/mol. The molecule has 2 fully saturated rings. The second kappa shape index (κ2) is 4.11. The molecule has 0 saturated carbocycles. The van der Waals surface area contributed by atoms with Gasteiger partial charge in [0.15, 0.2) is 0 Å². The van der Waals surface area contributed by atoms with E-state index in [2.05, 4.69) is 5.32 Å². The highest BCUT2D eigenvalue weighted by Gasteiger charge is 2.59. The molecule has 2 aliphatic rings. The Morgan fingerprint density at radius 1 is 1.47 bits per heavy atom. The Morgan fingerprint density at radius 3 is 2.58 bits per heavy atom. The molecule has 2 aliphatic heterocycles. The number of carboxylic acid groups (broad SMARTS) is 1. The highest BCUT2D eigenvalue weighted by molar-refractivity contribution is 5.91. The molecular formula is C12H18N2O5. The number of aliphatic carboxylic acids is 1. The lowest BCUT2D eigenvalue weighted by Gasteiger charge is -2.25. The zero-order valence-electron chi connectivity index (χ0n) is 11.2. The third-order valence-electron chi connectivity index (χ3n) is 3.43. The van der Waals surface area contributed by atoms with Gasteiger partial charge in [0.05, 0.1) is 6.04 Å². The molecule has 0 aromatic heterocycles. The number of amides is 2. The van der Waals surface area contributed by atoms with Gasteiger partial charge in [-0.3, -0.25) is 9.59 Å². The van der Waals surface area contributed by atoms with Crippen LogP contribution in [0.4, 0.5) is 4.79 Å². The van der Waals surface area contributed by atoms with Crippen molar-refractivity contribution in [1.82, 2.24) is 10.2 Å². The Balaban J connectivity index is 2.13. The van der Waals surface area contributed by atoms with Crippen molar-refractivity contribution in [1.29, 1.82) is 0 Å². The number of likely N-dealkylation sites (tertiary alicyclic amines) is 1. The Morgan fingerprint density at radius 2 is 2.11 bits per heavy atom. The summed E-state index contributed by atoms with van der Waals surface area (Å²) in [6, 6.07) is -0.537. The molecule has 0 aromatic carbocycles. The standard InChI is InChI=1S/C12H18N2O5/c1-11(2,3)19-10(18)14-5-7-12(6-14,9(16)17)4-8(15)13-7/h7H,4-6H2,1-3H3,(H,13,15)(H,16,17)/t7-,12-/m1/s1. The van der Waals surface area contributed by atoms with E-state index >= 15 is 0 Å². The van der Waals surface area contributed by atoms with E-state index in [4.69, 9.17) is 4.74 Å². The van der Waals surface area contributed by atoms with Gasteiger partial charge in [0.2, 0.25) is 5.91 Å². The summed E-state index contributed by atoms with van der Waals surface area (Å²) in [7, 11) is 0. The first-order valence-electron chi connectivity index (χ1n) is 6.15. The summed E-state index contributed by atoms with van der Waals surface area (Å²) in [6.07, 6.45) is -0.636. The van der Waals surface area contributed by atoms with E-state index in [-0.39, 0.29) is 25.4 Å². The largest absolute Gasteiger partial charge is 0.481 e. The smallest absolute Gasteiger partial charge is 0.410 e. The first kappa shape index (κ1) is 13.6. The molecule has 0 bridgehead atoms. The molecule has 7 nitrogen and oxygen atoms in total. The molecule has 2 saturated heterocycles. The predicted octanol–water partition coefficient (Wildman–Crippen LogP) is 0.197. The number of carboxylic acids is 1. The summed E-state index contributed by atoms with van der Waals surface area (Å²) in [6.45, 7) is 5.41. The first-order chi connectivity index (χ1) is 8.64. The molecule has 19 heavy (non-hydrogen) atoms. The molecule has 2 heterocycles. The molecule has 7 heteroatoms. The van der Waals surface area contributed by atoms with E-state index in [9.17, 15) is 19.5 Å². The number of carbonyl (C=O) groups excluding carboxylic acids is 2. The molecule has 2 N–H and O–H groups in total. The van der Waals surface area contributed by atoms with Crippen molar-refractivity contribution in [3.8, 4) is 0 Å². The van der Waals surface area contributed by atoms with Crippen molar-refractivity contribution in [2.45, 2.75) is 38.8 Å². The van der Waals surface area contributed by atoms with Crippen LogP contribution in [-0.4, -0.2) is 52.7 Å². The van der Waals surface area contributed by atoms with Gasteiger partial charge in [0.25, 0.3) is 0 Å². The predicted molar refractivity (Wildman–Crippen MR) is 64.4 cm³/mol. The first-order valence-corrected chi connectivity index (χ1v) is 6.15. The van der Waals surface area contributed by atoms with Crippen molar-refractivity contribution >= 4 is 18.0 Å². The maximum Gasteiger partial charge on any atom is 0.410 e. The van der Waals surface area contributed by atoms with Gasteiger partial charge in [0, 0.05) is 19.5 Å². The van der Waals surface area contributed by atoms with Crippen LogP contribution in [0.25, 0.3) is 0 Å². The van der Waals surface area contributed by atoms with Gasteiger partial charge in [-0.05, 0) is 20.8 Å². The number of nitrogens with zero attached hydrogens (tertiary/aromatic N) is 1. The van der Waals surface area contributed by atoms with Gasteiger partial charge in [-0.25, -0.2) is 4.79 Å². The minimum Gasteiger partial charge on any atom is -0.481 e. The van der Waals surface area contributed by atoms with Gasteiger partial charge in [-0.15, -0.1) is 0 Å². The van der Waals surface area contributed by atoms with E-state index in [1.54, 1.807) is 20.8 Å². The third kappa shape index (κ3) is 2.36. The summed E-state index contributed by atoms with van der Waals surface area (Å²) in [5.41, 5.74) is -1.84. The van der Waals surface area contributed by atoms with Crippen LogP contribution >= 0.6 is 0 Å². The second-order valence-electron chi connectivity index (χ2n) is 6.12. The van der Waals surface area contributed by atoms with Crippen molar-refractivity contribution < 1.29 is 24.2 Å². The average Bonchev–Trinajstić information content (AvgIpc) is 2.68. The fourth-order valence-corrected chi connectivity index (χ4v) is 2.56. The topological polar surface area (TPSA) is 95.9 Å². The van der Waals surface area contributed by atoms with Crippen molar-refractivity contribution in [2.75, 3.05) is 13.1 Å². The molecule has 2 atom stereocenters. The normalized spacial score (nSPS) is 29.9. The number of carbonyl (C=O) groups is 3. The van der Waals surface area contributed by atoms with Crippen molar-refractivity contribution in [3.05, 3.63) is 0 Å². The van der Waals surface area contributed by atoms with E-state index in [0.29, 0.717) is 0 Å². The van der Waals surface area contributed by atoms with Crippen LogP contribution in [0.1, 0.15) is 27.2 Å². The molecule has 0 aliphatic carbocycles. The zero-order valence-corrected chi connectivity index (χ0v) is 11.2. The highest BCUT2D eigenvalue weighted by atomic mass is 16.6. The fourth-order valence-electron chi connectivity index (χ4n) is 2.56. The highest BCUT2D eigenvalue weighted by Crippen LogP contribution is 2.39. The Bertz CT molecular complexity index is 442. The van der Waals surface area contributed by atoms with Crippen LogP contribution < -0.4 is 5.32 Å². The van der Waals surface area contributed by atoms with Crippen molar-refractivity contribution in [3.63, 3.8) is 0 Å². The third-order valence-corrected chi connectivity index (χ3v) is 3.43. The second-order valence-corrected chi connectivity index (χ2v) is 6.12. The fraction of sp³-hybridized carbons (Fsp3) is 0.750. The van der Waals surface area contributed by atoms with Crippen LogP contribution in [0.3, 0.4) is 0 Å². The number of hydrogen-bond acceptors (Lipinski definition) is 4. The molecule has 0 radical (unpaired) electrons. The maximum atomic E-state index is 11.9. The van der Waals surface area contributed by atoms with Gasteiger partial charge < -0.3 is 20.1 Å². The SMILES string of the molecule is CC(C)(C)OC(=O)N1C[C@H]2NC(=O)C[C@@]2(C(=O)O)C1. The molecule has 0 unspecified atom stereocenters. The summed E-state index contributed by atoms with van der Waals surface area (Å²) in [4.78, 5) is 36.1. The number of nitrogens with one attached hydrogen (secondary N) is 1. The monoisotopic (exact) mass is 270 g/mol. The van der Waals surface area contributed by atoms with E-state index in [0.717, 1.165) is 0 Å². The van der Waals surface area contributed by atoms with Crippen molar-refractivity contribution in [2.24, 2.45) is 5.41 Å². The number of rotatable bonds is 1. The van der Waals surface area contributed by atoms with Crippen LogP contribution in [0.2, 0.25) is 0 Å². The summed E-state index contributed by atoms with van der Waals surface area (Å²) >= 11 is 0. The lowest BCUT2D eigenvalue weighted by Crippen LogP contribution is -2.41. The minimum absolute atomic E-state index is 0.000648. The number of ether oxygens (including phenoxy) is 1. The van der Waals surface area contributed by atoms with Gasteiger partial charge in [-0.2, -0.15) is 0 Å². The van der Waals surface area contributed by atoms with Crippen LogP contribution in [0, 0.1) is 5.41 Å². The van der Waals surface area contributed by atoms with Gasteiger partial charge >= 0.3 is 12.1 Å². The molecular weight excluding hydrogens is 252 g/mol. The van der Waals surface area contributed by atoms with Gasteiger partial charge in [0.1, 0.15) is 11.0 Å². The summed E-state index contributed by atoms with van der Waals surface area (Å²) in [5.74, 6) is -1.34. The lowest BCUT2D eigenvalue weighted by atomic mass is 9.83. The number of fused-ring (bicyclic) bond motifs is 1. The Hall–Kier alpha value is -1.79. The van der Waals surface area contributed by atoms with Crippen LogP contribution in [-0.2, 0) is 14.3 Å². The molecule has 0 spiro atoms. The molecule has 2 rings (SSSR count). The van der Waals surface area contributed by atoms with Gasteiger partial charge in [-0.1, -0.05) is 0 Å². The Kier molecular flexibility index (Phi) is 2.95. The minimum atomic E-state index is -1.21. The molecule has 2 amide bonds. The lowest BCUT2D eigenvalue weighted by molar-refractivity contribution is -0.148. The van der Waals surface area contributed by atoms with E-state index in [1.807, 2.05) is 0 Å². The molecule has 106 valence electrons. The Labute approximate surface area is 110 Å². The van der Waals surface area contributed by atoms with E-state index < -0.39 is 29.1 Å². The molecule has 0 aromatic rings. The van der Waals surface area contributed by atoms with Crippen LogP contribution in [0.5, 0.6) is 0 Å². The summed E-state index contributed by atoms with van der Waals surface area (Å²) < 4.78 is 5.22. The summed E-state index contributed by atoms with van der Waals surface area (Å²) in [5, 5.41) is 12.0. The zero-order chi connectivity index (χ0) is 14.4. The maximum absolute atomic E-state index is 11.9. The quantitative estimate of drug-likeness (QED) is 0.709. The van der Waals surface area contributed by atoms with Crippen LogP contribution in [0.15, 0.2) is 0 Å².